The Morgan fingerprint density at radius 3 is 2.54 bits per heavy atom. The highest BCUT2D eigenvalue weighted by Crippen LogP contribution is 2.32. The van der Waals surface area contributed by atoms with Crippen molar-refractivity contribution in [2.24, 2.45) is 5.92 Å². The Morgan fingerprint density at radius 1 is 1.21 bits per heavy atom. The smallest absolute Gasteiger partial charge is 0.293 e. The summed E-state index contributed by atoms with van der Waals surface area (Å²) < 4.78 is 27.4. The van der Waals surface area contributed by atoms with Gasteiger partial charge in [-0.25, -0.2) is 8.42 Å². The lowest BCUT2D eigenvalue weighted by molar-refractivity contribution is -0.384. The maximum Gasteiger partial charge on any atom is 0.293 e. The fourth-order valence-electron chi connectivity index (χ4n) is 4.07. The van der Waals surface area contributed by atoms with Crippen LogP contribution in [0.2, 0.25) is 0 Å². The number of hydrogen-bond acceptors (Lipinski definition) is 6. The molecular formula is C19H30N4O4S. The van der Waals surface area contributed by atoms with Crippen molar-refractivity contribution in [1.82, 2.24) is 9.21 Å². The van der Waals surface area contributed by atoms with Gasteiger partial charge in [-0.15, -0.1) is 0 Å². The Labute approximate surface area is 167 Å². The number of piperidine rings is 2. The third kappa shape index (κ3) is 4.64. The molecule has 2 aliphatic rings. The molecule has 0 saturated carbocycles. The number of nitrogens with zero attached hydrogens (tertiary/aromatic N) is 3. The first-order valence-electron chi connectivity index (χ1n) is 10.1. The van der Waals surface area contributed by atoms with E-state index in [-0.39, 0.29) is 16.6 Å². The highest BCUT2D eigenvalue weighted by Gasteiger charge is 2.31. The summed E-state index contributed by atoms with van der Waals surface area (Å²) in [4.78, 5) is 13.5. The molecule has 28 heavy (non-hydrogen) atoms. The van der Waals surface area contributed by atoms with E-state index in [1.807, 2.05) is 6.92 Å². The van der Waals surface area contributed by atoms with Crippen LogP contribution in [0.1, 0.15) is 39.5 Å². The molecule has 1 aromatic rings. The highest BCUT2D eigenvalue weighted by atomic mass is 32.2. The Bertz CT molecular complexity index is 806. The SMILES string of the molecule is CCN1CCC(Nc2ccc(S(=O)(=O)N3CCC[C@H](C)C3)cc2[N+](=O)[O-])CC1. The molecule has 0 radical (unpaired) electrons. The molecule has 1 atom stereocenters. The van der Waals surface area contributed by atoms with Gasteiger partial charge in [-0.2, -0.15) is 4.31 Å². The molecule has 2 saturated heterocycles. The van der Waals surface area contributed by atoms with Crippen molar-refractivity contribution >= 4 is 21.4 Å². The second-order valence-electron chi connectivity index (χ2n) is 7.90. The normalized spacial score (nSPS) is 22.9. The van der Waals surface area contributed by atoms with Crippen molar-refractivity contribution in [1.29, 1.82) is 0 Å². The second kappa shape index (κ2) is 8.75. The van der Waals surface area contributed by atoms with Crippen LogP contribution in [0.3, 0.4) is 0 Å². The third-order valence-electron chi connectivity index (χ3n) is 5.82. The van der Waals surface area contributed by atoms with Gasteiger partial charge in [0.2, 0.25) is 10.0 Å². The number of anilines is 1. The molecular weight excluding hydrogens is 380 g/mol. The molecule has 2 heterocycles. The number of sulfonamides is 1. The maximum atomic E-state index is 13.0. The quantitative estimate of drug-likeness (QED) is 0.572. The van der Waals surface area contributed by atoms with Crippen LogP contribution in [-0.4, -0.2) is 61.3 Å². The molecule has 0 aliphatic carbocycles. The number of hydrogen-bond donors (Lipinski definition) is 1. The van der Waals surface area contributed by atoms with E-state index in [0.717, 1.165) is 45.3 Å². The van der Waals surface area contributed by atoms with Gasteiger partial charge in [0.05, 0.1) is 9.82 Å². The fraction of sp³-hybridized carbons (Fsp3) is 0.684. The van der Waals surface area contributed by atoms with Crippen LogP contribution in [0.25, 0.3) is 0 Å². The predicted molar refractivity (Wildman–Crippen MR) is 109 cm³/mol. The second-order valence-corrected chi connectivity index (χ2v) is 9.84. The number of nitrogens with one attached hydrogen (secondary N) is 1. The summed E-state index contributed by atoms with van der Waals surface area (Å²) in [5.74, 6) is 0.299. The van der Waals surface area contributed by atoms with Gasteiger partial charge in [0.25, 0.3) is 5.69 Å². The van der Waals surface area contributed by atoms with Gasteiger partial charge < -0.3 is 10.2 Å². The van der Waals surface area contributed by atoms with Crippen molar-refractivity contribution in [3.05, 3.63) is 28.3 Å². The molecule has 1 N–H and O–H groups in total. The molecule has 0 aromatic heterocycles. The Kier molecular flexibility index (Phi) is 6.57. The van der Waals surface area contributed by atoms with E-state index in [1.165, 1.54) is 16.4 Å². The van der Waals surface area contributed by atoms with Crippen LogP contribution in [-0.2, 0) is 10.0 Å². The van der Waals surface area contributed by atoms with Gasteiger partial charge in [0.15, 0.2) is 0 Å². The van der Waals surface area contributed by atoms with Gasteiger partial charge in [0, 0.05) is 38.3 Å². The summed E-state index contributed by atoms with van der Waals surface area (Å²) in [7, 11) is -3.72. The van der Waals surface area contributed by atoms with Gasteiger partial charge in [-0.05, 0) is 50.3 Å². The molecule has 2 fully saturated rings. The molecule has 0 unspecified atom stereocenters. The topological polar surface area (TPSA) is 95.8 Å². The molecule has 0 amide bonds. The van der Waals surface area contributed by atoms with Gasteiger partial charge in [-0.3, -0.25) is 10.1 Å². The Balaban J connectivity index is 1.80. The lowest BCUT2D eigenvalue weighted by Gasteiger charge is -2.32. The van der Waals surface area contributed by atoms with Crippen LogP contribution in [0.4, 0.5) is 11.4 Å². The number of nitro groups is 1. The molecule has 3 rings (SSSR count). The lowest BCUT2D eigenvalue weighted by Crippen LogP contribution is -2.39. The zero-order chi connectivity index (χ0) is 20.3. The molecule has 0 spiro atoms. The summed E-state index contributed by atoms with van der Waals surface area (Å²) in [6, 6.07) is 4.40. The van der Waals surface area contributed by atoms with Crippen LogP contribution in [0.15, 0.2) is 23.1 Å². The molecule has 8 nitrogen and oxygen atoms in total. The molecule has 156 valence electrons. The number of rotatable bonds is 6. The first-order chi connectivity index (χ1) is 13.3. The predicted octanol–water partition coefficient (Wildman–Crippen LogP) is 2.91. The zero-order valence-electron chi connectivity index (χ0n) is 16.6. The van der Waals surface area contributed by atoms with E-state index in [9.17, 15) is 18.5 Å². The van der Waals surface area contributed by atoms with Gasteiger partial charge in [-0.1, -0.05) is 13.8 Å². The van der Waals surface area contributed by atoms with Gasteiger partial charge in [0.1, 0.15) is 5.69 Å². The Morgan fingerprint density at radius 2 is 1.93 bits per heavy atom. The minimum absolute atomic E-state index is 0.000322. The first kappa shape index (κ1) is 21.0. The minimum atomic E-state index is -3.72. The van der Waals surface area contributed by atoms with Crippen molar-refractivity contribution < 1.29 is 13.3 Å². The van der Waals surface area contributed by atoms with Crippen LogP contribution >= 0.6 is 0 Å². The van der Waals surface area contributed by atoms with Crippen LogP contribution in [0.5, 0.6) is 0 Å². The van der Waals surface area contributed by atoms with E-state index in [0.29, 0.717) is 24.7 Å². The van der Waals surface area contributed by atoms with E-state index in [4.69, 9.17) is 0 Å². The summed E-state index contributed by atoms with van der Waals surface area (Å²) in [5, 5.41) is 14.9. The van der Waals surface area contributed by atoms with Crippen LogP contribution < -0.4 is 5.32 Å². The van der Waals surface area contributed by atoms with Crippen LogP contribution in [0, 0.1) is 16.0 Å². The monoisotopic (exact) mass is 410 g/mol. The average molecular weight is 411 g/mol. The van der Waals surface area contributed by atoms with E-state index in [1.54, 1.807) is 6.07 Å². The molecule has 1 aromatic carbocycles. The molecule has 0 bridgehead atoms. The number of nitro benzene ring substituents is 1. The summed E-state index contributed by atoms with van der Waals surface area (Å²) in [6.45, 7) is 8.02. The maximum absolute atomic E-state index is 13.0. The lowest BCUT2D eigenvalue weighted by atomic mass is 10.0. The van der Waals surface area contributed by atoms with Crippen molar-refractivity contribution in [3.63, 3.8) is 0 Å². The first-order valence-corrected chi connectivity index (χ1v) is 11.5. The molecule has 9 heteroatoms. The highest BCUT2D eigenvalue weighted by molar-refractivity contribution is 7.89. The van der Waals surface area contributed by atoms with E-state index in [2.05, 4.69) is 17.1 Å². The third-order valence-corrected chi connectivity index (χ3v) is 7.68. The van der Waals surface area contributed by atoms with Gasteiger partial charge >= 0.3 is 0 Å². The summed E-state index contributed by atoms with van der Waals surface area (Å²) >= 11 is 0. The zero-order valence-corrected chi connectivity index (χ0v) is 17.5. The minimum Gasteiger partial charge on any atom is -0.377 e. The standard InChI is InChI=1S/C19H30N4O4S/c1-3-21-11-8-16(9-12-21)20-18-7-6-17(13-19(18)23(24)25)28(26,27)22-10-4-5-15(2)14-22/h6-7,13,15-16,20H,3-5,8-12,14H2,1-2H3/t15-/m0/s1. The fourth-order valence-corrected chi connectivity index (χ4v) is 5.69. The Hall–Kier alpha value is -1.71. The van der Waals surface area contributed by atoms with Crippen molar-refractivity contribution in [2.45, 2.75) is 50.5 Å². The largest absolute Gasteiger partial charge is 0.377 e. The summed E-state index contributed by atoms with van der Waals surface area (Å²) in [5.41, 5.74) is 0.218. The number of likely N-dealkylation sites (tertiary alicyclic amines) is 1. The average Bonchev–Trinajstić information content (AvgIpc) is 2.68. The molecule has 2 aliphatic heterocycles. The van der Waals surface area contributed by atoms with Crippen molar-refractivity contribution in [2.75, 3.05) is 38.0 Å². The summed E-state index contributed by atoms with van der Waals surface area (Å²) in [6.07, 6.45) is 3.65. The van der Waals surface area contributed by atoms with Crippen molar-refractivity contribution in [3.8, 4) is 0 Å². The number of benzene rings is 1. The van der Waals surface area contributed by atoms with E-state index >= 15 is 0 Å². The van der Waals surface area contributed by atoms with E-state index < -0.39 is 14.9 Å².